The molecule has 0 aliphatic carbocycles. The number of ether oxygens (including phenoxy) is 1. The lowest BCUT2D eigenvalue weighted by atomic mass is 10.0. The first kappa shape index (κ1) is 16.1. The summed E-state index contributed by atoms with van der Waals surface area (Å²) in [5, 5.41) is 10.8. The normalized spacial score (nSPS) is 19.8. The molecule has 1 fully saturated rings. The van der Waals surface area contributed by atoms with Crippen molar-refractivity contribution in [2.75, 3.05) is 0 Å². The van der Waals surface area contributed by atoms with E-state index in [-0.39, 0.29) is 6.10 Å². The first-order valence-electron chi connectivity index (χ1n) is 7.41. The average Bonchev–Trinajstić information content (AvgIpc) is 3.18. The molecular formula is C17H11ClF3N3O. The van der Waals surface area contributed by atoms with Crippen molar-refractivity contribution in [3.63, 3.8) is 0 Å². The smallest absolute Gasteiger partial charge is 0.359 e. The SMILES string of the molecule is FC(F)(F)c1cccc(C2OC2c2cc(Cl)cc(-c3cn[nH]n3)c2)c1. The van der Waals surface area contributed by atoms with Gasteiger partial charge in [0.25, 0.3) is 0 Å². The first-order chi connectivity index (χ1) is 11.9. The summed E-state index contributed by atoms with van der Waals surface area (Å²) in [7, 11) is 0. The van der Waals surface area contributed by atoms with E-state index in [2.05, 4.69) is 15.4 Å². The monoisotopic (exact) mass is 365 g/mol. The van der Waals surface area contributed by atoms with Gasteiger partial charge >= 0.3 is 6.18 Å². The van der Waals surface area contributed by atoms with Crippen LogP contribution >= 0.6 is 11.6 Å². The second-order valence-corrected chi connectivity index (χ2v) is 6.17. The van der Waals surface area contributed by atoms with Gasteiger partial charge in [-0.3, -0.25) is 0 Å². The van der Waals surface area contributed by atoms with Crippen molar-refractivity contribution in [3.05, 3.63) is 70.4 Å². The van der Waals surface area contributed by atoms with Gasteiger partial charge in [-0.15, -0.1) is 0 Å². The van der Waals surface area contributed by atoms with Gasteiger partial charge in [-0.05, 0) is 41.5 Å². The zero-order chi connectivity index (χ0) is 17.6. The molecule has 3 aromatic rings. The first-order valence-corrected chi connectivity index (χ1v) is 7.79. The number of nitrogens with one attached hydrogen (secondary N) is 1. The summed E-state index contributed by atoms with van der Waals surface area (Å²) >= 11 is 6.15. The standard InChI is InChI=1S/C17H11ClF3N3O/c18-13-6-10(14-8-22-24-23-14)4-11(7-13)16-15(25-16)9-2-1-3-12(5-9)17(19,20)21/h1-8,15-16H,(H,22,23,24). The van der Waals surface area contributed by atoms with Gasteiger partial charge < -0.3 is 4.74 Å². The van der Waals surface area contributed by atoms with Crippen LogP contribution in [-0.2, 0) is 10.9 Å². The molecule has 2 unspecified atom stereocenters. The van der Waals surface area contributed by atoms with Crippen LogP contribution in [0.25, 0.3) is 11.3 Å². The molecule has 0 bridgehead atoms. The summed E-state index contributed by atoms with van der Waals surface area (Å²) in [4.78, 5) is 0. The third-order valence-electron chi connectivity index (χ3n) is 3.99. The maximum absolute atomic E-state index is 12.9. The molecule has 0 spiro atoms. The Hall–Kier alpha value is -2.38. The molecule has 2 heterocycles. The topological polar surface area (TPSA) is 54.1 Å². The number of hydrogen-bond acceptors (Lipinski definition) is 3. The molecular weight excluding hydrogens is 355 g/mol. The fourth-order valence-electron chi connectivity index (χ4n) is 2.78. The number of H-pyrrole nitrogens is 1. The maximum Gasteiger partial charge on any atom is 0.416 e. The zero-order valence-electron chi connectivity index (χ0n) is 12.6. The van der Waals surface area contributed by atoms with E-state index >= 15 is 0 Å². The molecule has 25 heavy (non-hydrogen) atoms. The van der Waals surface area contributed by atoms with Crippen LogP contribution in [0.2, 0.25) is 5.02 Å². The Bertz CT molecular complexity index is 912. The lowest BCUT2D eigenvalue weighted by Crippen LogP contribution is -2.05. The molecule has 1 aromatic heterocycles. The van der Waals surface area contributed by atoms with Gasteiger partial charge in [0, 0.05) is 10.6 Å². The Labute approximate surface area is 145 Å². The molecule has 1 aliphatic heterocycles. The summed E-state index contributed by atoms with van der Waals surface area (Å²) in [5.41, 5.74) is 1.97. The van der Waals surface area contributed by atoms with Gasteiger partial charge in [-0.2, -0.15) is 28.6 Å². The highest BCUT2D eigenvalue weighted by Gasteiger charge is 2.43. The fourth-order valence-corrected chi connectivity index (χ4v) is 3.02. The highest BCUT2D eigenvalue weighted by molar-refractivity contribution is 6.31. The van der Waals surface area contributed by atoms with Crippen LogP contribution in [0.1, 0.15) is 28.9 Å². The molecule has 0 saturated carbocycles. The van der Waals surface area contributed by atoms with E-state index in [1.54, 1.807) is 24.4 Å². The number of alkyl halides is 3. The predicted molar refractivity (Wildman–Crippen MR) is 84.8 cm³/mol. The summed E-state index contributed by atoms with van der Waals surface area (Å²) in [6, 6.07) is 10.5. The van der Waals surface area contributed by atoms with Crippen LogP contribution in [0.3, 0.4) is 0 Å². The summed E-state index contributed by atoms with van der Waals surface area (Å²) in [5.74, 6) is 0. The number of aromatic amines is 1. The third kappa shape index (κ3) is 3.25. The quantitative estimate of drug-likeness (QED) is 0.668. The Balaban J connectivity index is 1.62. The van der Waals surface area contributed by atoms with Gasteiger partial charge in [-0.25, -0.2) is 0 Å². The lowest BCUT2D eigenvalue weighted by Gasteiger charge is -2.07. The van der Waals surface area contributed by atoms with Crippen molar-refractivity contribution in [3.8, 4) is 11.3 Å². The van der Waals surface area contributed by atoms with Crippen LogP contribution in [0.4, 0.5) is 13.2 Å². The van der Waals surface area contributed by atoms with E-state index in [4.69, 9.17) is 16.3 Å². The highest BCUT2D eigenvalue weighted by Crippen LogP contribution is 2.52. The number of benzene rings is 2. The van der Waals surface area contributed by atoms with E-state index in [1.807, 2.05) is 6.07 Å². The van der Waals surface area contributed by atoms with Crippen molar-refractivity contribution in [2.24, 2.45) is 0 Å². The van der Waals surface area contributed by atoms with E-state index < -0.39 is 17.8 Å². The number of epoxide rings is 1. The minimum Gasteiger partial charge on any atom is -0.359 e. The fraction of sp³-hybridized carbons (Fsp3) is 0.176. The van der Waals surface area contributed by atoms with Crippen molar-refractivity contribution < 1.29 is 17.9 Å². The summed E-state index contributed by atoms with van der Waals surface area (Å²) in [6.45, 7) is 0. The van der Waals surface area contributed by atoms with Crippen LogP contribution in [-0.4, -0.2) is 15.4 Å². The molecule has 1 N–H and O–H groups in total. The number of halogens is 4. The Morgan fingerprint density at radius 1 is 1.04 bits per heavy atom. The van der Waals surface area contributed by atoms with Gasteiger partial charge in [-0.1, -0.05) is 23.7 Å². The van der Waals surface area contributed by atoms with E-state index in [1.165, 1.54) is 6.07 Å². The number of nitrogens with zero attached hydrogens (tertiary/aromatic N) is 2. The van der Waals surface area contributed by atoms with E-state index in [0.29, 0.717) is 16.3 Å². The number of aromatic nitrogens is 3. The lowest BCUT2D eigenvalue weighted by molar-refractivity contribution is -0.137. The average molecular weight is 366 g/mol. The Morgan fingerprint density at radius 2 is 1.84 bits per heavy atom. The second kappa shape index (κ2) is 5.86. The molecule has 0 amide bonds. The molecule has 4 nitrogen and oxygen atoms in total. The Kier molecular flexibility index (Phi) is 3.77. The van der Waals surface area contributed by atoms with Crippen molar-refractivity contribution in [2.45, 2.75) is 18.4 Å². The molecule has 8 heteroatoms. The number of hydrogen-bond donors (Lipinski definition) is 1. The van der Waals surface area contributed by atoms with Gasteiger partial charge in [0.05, 0.1) is 11.8 Å². The van der Waals surface area contributed by atoms with Crippen molar-refractivity contribution in [1.82, 2.24) is 15.4 Å². The van der Waals surface area contributed by atoms with E-state index in [9.17, 15) is 13.2 Å². The van der Waals surface area contributed by atoms with Crippen LogP contribution in [0, 0.1) is 0 Å². The predicted octanol–water partition coefficient (Wildman–Crippen LogP) is 4.96. The zero-order valence-corrected chi connectivity index (χ0v) is 13.3. The largest absolute Gasteiger partial charge is 0.416 e. The third-order valence-corrected chi connectivity index (χ3v) is 4.21. The van der Waals surface area contributed by atoms with Crippen molar-refractivity contribution >= 4 is 11.6 Å². The molecule has 2 aromatic carbocycles. The Morgan fingerprint density at radius 3 is 2.56 bits per heavy atom. The van der Waals surface area contributed by atoms with Crippen LogP contribution in [0.5, 0.6) is 0 Å². The molecule has 0 radical (unpaired) electrons. The van der Waals surface area contributed by atoms with Crippen LogP contribution < -0.4 is 0 Å². The van der Waals surface area contributed by atoms with Crippen molar-refractivity contribution in [1.29, 1.82) is 0 Å². The summed E-state index contributed by atoms with van der Waals surface area (Å²) in [6.07, 6.45) is -3.58. The molecule has 128 valence electrons. The highest BCUT2D eigenvalue weighted by atomic mass is 35.5. The van der Waals surface area contributed by atoms with Gasteiger partial charge in [0.15, 0.2) is 0 Å². The summed E-state index contributed by atoms with van der Waals surface area (Å²) < 4.78 is 44.2. The number of rotatable bonds is 3. The maximum atomic E-state index is 12.9. The van der Waals surface area contributed by atoms with Gasteiger partial charge in [0.1, 0.15) is 17.9 Å². The minimum absolute atomic E-state index is 0.340. The molecule has 1 aliphatic rings. The molecule has 1 saturated heterocycles. The molecule has 4 rings (SSSR count). The minimum atomic E-state index is -4.38. The second-order valence-electron chi connectivity index (χ2n) is 5.73. The molecule has 2 atom stereocenters. The van der Waals surface area contributed by atoms with E-state index in [0.717, 1.165) is 23.3 Å². The van der Waals surface area contributed by atoms with Gasteiger partial charge in [0.2, 0.25) is 0 Å². The van der Waals surface area contributed by atoms with Crippen LogP contribution in [0.15, 0.2) is 48.7 Å².